The molecule has 1 unspecified atom stereocenters. The van der Waals surface area contributed by atoms with Crippen LogP contribution in [0.3, 0.4) is 0 Å². The third-order valence-electron chi connectivity index (χ3n) is 5.69. The second kappa shape index (κ2) is 8.28. The van der Waals surface area contributed by atoms with Gasteiger partial charge in [-0.3, -0.25) is 14.5 Å². The molecule has 1 saturated heterocycles. The van der Waals surface area contributed by atoms with E-state index in [1.165, 1.54) is 23.2 Å². The van der Waals surface area contributed by atoms with E-state index in [1.54, 1.807) is 19.2 Å². The van der Waals surface area contributed by atoms with Gasteiger partial charge in [0, 0.05) is 19.9 Å². The van der Waals surface area contributed by atoms with Crippen LogP contribution in [0.4, 0.5) is 14.6 Å². The summed E-state index contributed by atoms with van der Waals surface area (Å²) in [5.41, 5.74) is 0.703. The number of hydrogen-bond donors (Lipinski definition) is 0. The number of hydrogen-bond acceptors (Lipinski definition) is 4. The van der Waals surface area contributed by atoms with Crippen LogP contribution in [0.1, 0.15) is 18.4 Å². The van der Waals surface area contributed by atoms with Crippen molar-refractivity contribution >= 4 is 29.2 Å². The number of rotatable bonds is 5. The summed E-state index contributed by atoms with van der Waals surface area (Å²) in [7, 11) is 1.60. The average molecular weight is 436 g/mol. The molecule has 0 spiro atoms. The number of carbonyl (C=O) groups is 2. The molecule has 158 valence electrons. The second-order valence-electron chi connectivity index (χ2n) is 7.57. The van der Waals surface area contributed by atoms with Crippen LogP contribution in [-0.4, -0.2) is 47.5 Å². The minimum atomic E-state index is -0.778. The summed E-state index contributed by atoms with van der Waals surface area (Å²) >= 11 is 5.77. The van der Waals surface area contributed by atoms with Crippen molar-refractivity contribution in [3.05, 3.63) is 58.7 Å². The molecule has 1 atom stereocenters. The van der Waals surface area contributed by atoms with E-state index >= 15 is 0 Å². The van der Waals surface area contributed by atoms with Gasteiger partial charge in [-0.15, -0.1) is 0 Å². The van der Waals surface area contributed by atoms with Crippen molar-refractivity contribution in [1.82, 2.24) is 9.88 Å². The van der Waals surface area contributed by atoms with Gasteiger partial charge in [0.2, 0.25) is 5.91 Å². The van der Waals surface area contributed by atoms with Crippen LogP contribution < -0.4 is 4.90 Å². The summed E-state index contributed by atoms with van der Waals surface area (Å²) in [6, 6.07) is 6.06. The van der Waals surface area contributed by atoms with Crippen LogP contribution >= 0.6 is 11.6 Å². The second-order valence-corrected chi connectivity index (χ2v) is 8.00. The number of piperazine rings is 1. The van der Waals surface area contributed by atoms with Gasteiger partial charge in [0.1, 0.15) is 18.4 Å². The smallest absolute Gasteiger partial charge is 0.251 e. The van der Waals surface area contributed by atoms with E-state index in [1.807, 2.05) is 0 Å². The lowest BCUT2D eigenvalue weighted by atomic mass is 9.75. The summed E-state index contributed by atoms with van der Waals surface area (Å²) in [5.74, 6) is -2.21. The van der Waals surface area contributed by atoms with E-state index in [2.05, 4.69) is 4.98 Å². The minimum absolute atomic E-state index is 0.0198. The van der Waals surface area contributed by atoms with Crippen LogP contribution in [0, 0.1) is 17.6 Å². The molecule has 2 heterocycles. The fraction of sp³-hybridized carbons (Fsp3) is 0.381. The van der Waals surface area contributed by atoms with Crippen molar-refractivity contribution in [3.63, 3.8) is 0 Å². The zero-order chi connectivity index (χ0) is 21.4. The molecule has 1 aliphatic heterocycles. The number of amides is 2. The predicted molar refractivity (Wildman–Crippen MR) is 106 cm³/mol. The highest BCUT2D eigenvalue weighted by Gasteiger charge is 2.49. The Morgan fingerprint density at radius 2 is 1.90 bits per heavy atom. The van der Waals surface area contributed by atoms with Crippen molar-refractivity contribution in [2.45, 2.75) is 31.5 Å². The topological polar surface area (TPSA) is 62.7 Å². The summed E-state index contributed by atoms with van der Waals surface area (Å²) in [6.45, 7) is -0.170. The highest BCUT2D eigenvalue weighted by atomic mass is 35.5. The first-order valence-corrected chi connectivity index (χ1v) is 9.94. The molecule has 2 amide bonds. The maximum atomic E-state index is 14.4. The number of ether oxygens (including phenoxy) is 1. The lowest BCUT2D eigenvalue weighted by Crippen LogP contribution is -2.64. The number of aromatic nitrogens is 1. The number of pyridine rings is 1. The molecule has 9 heteroatoms. The van der Waals surface area contributed by atoms with Gasteiger partial charge in [0.05, 0.1) is 11.1 Å². The third kappa shape index (κ3) is 3.89. The lowest BCUT2D eigenvalue weighted by molar-refractivity contribution is -0.150. The molecule has 2 aliphatic rings. The van der Waals surface area contributed by atoms with Crippen molar-refractivity contribution in [3.8, 4) is 0 Å². The van der Waals surface area contributed by atoms with Gasteiger partial charge in [0.15, 0.2) is 11.6 Å². The number of benzene rings is 1. The first kappa shape index (κ1) is 20.7. The Balaban J connectivity index is 1.64. The highest BCUT2D eigenvalue weighted by Crippen LogP contribution is 2.38. The summed E-state index contributed by atoms with van der Waals surface area (Å²) < 4.78 is 33.0. The monoisotopic (exact) mass is 435 g/mol. The van der Waals surface area contributed by atoms with E-state index in [4.69, 9.17) is 16.3 Å². The molecule has 0 bridgehead atoms. The van der Waals surface area contributed by atoms with E-state index in [9.17, 15) is 18.4 Å². The maximum Gasteiger partial charge on any atom is 0.251 e. The average Bonchev–Trinajstić information content (AvgIpc) is 2.67. The van der Waals surface area contributed by atoms with Crippen molar-refractivity contribution in [2.24, 2.45) is 5.92 Å². The molecule has 1 saturated carbocycles. The zero-order valence-electron chi connectivity index (χ0n) is 16.2. The van der Waals surface area contributed by atoms with Gasteiger partial charge in [0.25, 0.3) is 5.91 Å². The fourth-order valence-corrected chi connectivity index (χ4v) is 4.17. The number of methoxy groups -OCH3 is 1. The van der Waals surface area contributed by atoms with E-state index in [0.717, 1.165) is 11.0 Å². The van der Waals surface area contributed by atoms with Gasteiger partial charge < -0.3 is 9.64 Å². The molecule has 2 fully saturated rings. The molecule has 30 heavy (non-hydrogen) atoms. The first-order valence-electron chi connectivity index (χ1n) is 9.56. The largest absolute Gasteiger partial charge is 0.381 e. The maximum absolute atomic E-state index is 14.4. The van der Waals surface area contributed by atoms with Crippen LogP contribution in [0.5, 0.6) is 0 Å². The predicted octanol–water partition coefficient (Wildman–Crippen LogP) is 3.18. The number of nitrogens with zero attached hydrogens (tertiary/aromatic N) is 3. The van der Waals surface area contributed by atoms with E-state index < -0.39 is 17.8 Å². The third-order valence-corrected chi connectivity index (χ3v) is 5.90. The Kier molecular flexibility index (Phi) is 5.71. The molecule has 0 radical (unpaired) electrons. The van der Waals surface area contributed by atoms with Crippen LogP contribution in [0.25, 0.3) is 0 Å². The molecule has 4 rings (SSSR count). The van der Waals surface area contributed by atoms with E-state index in [-0.39, 0.29) is 47.7 Å². The van der Waals surface area contributed by atoms with Crippen molar-refractivity contribution in [1.29, 1.82) is 0 Å². The molecule has 6 nitrogen and oxygen atoms in total. The number of halogens is 3. The normalized spacial score (nSPS) is 24.2. The molecule has 1 aromatic carbocycles. The summed E-state index contributed by atoms with van der Waals surface area (Å²) in [6.07, 6.45) is 2.49. The molecule has 0 N–H and O–H groups in total. The Hall–Kier alpha value is -2.58. The molecular formula is C21H20ClF2N3O3. The van der Waals surface area contributed by atoms with Gasteiger partial charge in [-0.2, -0.15) is 0 Å². The van der Waals surface area contributed by atoms with Gasteiger partial charge >= 0.3 is 0 Å². The van der Waals surface area contributed by atoms with Crippen LogP contribution in [0.15, 0.2) is 36.5 Å². The summed E-state index contributed by atoms with van der Waals surface area (Å²) in [5, 5.41) is 0.100. The highest BCUT2D eigenvalue weighted by molar-refractivity contribution is 6.30. The molecular weight excluding hydrogens is 416 g/mol. The quantitative estimate of drug-likeness (QED) is 0.723. The number of carbonyl (C=O) groups excluding carboxylic acids is 2. The SMILES string of the molecule is COC1CC(C2C(=O)N(c3ncc(Cl)cc3F)CC(=O)N2Cc2ccc(F)cc2)C1. The van der Waals surface area contributed by atoms with Crippen LogP contribution in [-0.2, 0) is 20.9 Å². The standard InChI is InChI=1S/C21H20ClF2N3O3/c1-30-16-6-13(7-16)19-21(29)27(20-17(24)8-14(22)9-25-20)11-18(28)26(19)10-12-2-4-15(23)5-3-12/h2-5,8-9,13,16,19H,6-7,10-11H2,1H3. The Bertz CT molecular complexity index is 966. The minimum Gasteiger partial charge on any atom is -0.381 e. The molecule has 1 aromatic heterocycles. The summed E-state index contributed by atoms with van der Waals surface area (Å²) in [4.78, 5) is 32.9. The molecule has 2 aromatic rings. The Morgan fingerprint density at radius 1 is 1.20 bits per heavy atom. The van der Waals surface area contributed by atoms with E-state index in [0.29, 0.717) is 18.4 Å². The number of anilines is 1. The van der Waals surface area contributed by atoms with Crippen molar-refractivity contribution < 1.29 is 23.1 Å². The zero-order valence-corrected chi connectivity index (χ0v) is 17.0. The van der Waals surface area contributed by atoms with Gasteiger partial charge in [-0.1, -0.05) is 23.7 Å². The Morgan fingerprint density at radius 3 is 2.53 bits per heavy atom. The fourth-order valence-electron chi connectivity index (χ4n) is 4.02. The van der Waals surface area contributed by atoms with Gasteiger partial charge in [-0.05, 0) is 42.5 Å². The first-order chi connectivity index (χ1) is 14.4. The van der Waals surface area contributed by atoms with Crippen molar-refractivity contribution in [2.75, 3.05) is 18.6 Å². The Labute approximate surface area is 177 Å². The van der Waals surface area contributed by atoms with Gasteiger partial charge in [-0.25, -0.2) is 13.8 Å². The lowest BCUT2D eigenvalue weighted by Gasteiger charge is -2.47. The van der Waals surface area contributed by atoms with Crippen LogP contribution in [0.2, 0.25) is 5.02 Å². The molecule has 1 aliphatic carbocycles.